The largest absolute Gasteiger partial charge is 0.457 e. The number of ether oxygens (including phenoxy) is 1. The second-order valence-electron chi connectivity index (χ2n) is 15.9. The molecular weight excluding hydrogens is 784 g/mol. The number of fused-ring (bicyclic) bond motifs is 13. The summed E-state index contributed by atoms with van der Waals surface area (Å²) >= 11 is 1.77. The van der Waals surface area contributed by atoms with Gasteiger partial charge in [0.2, 0.25) is 0 Å². The molecule has 288 valence electrons. The molecule has 9 aromatic carbocycles. The van der Waals surface area contributed by atoms with Crippen molar-refractivity contribution in [3.8, 4) is 11.5 Å². The summed E-state index contributed by atoms with van der Waals surface area (Å²) in [5.41, 5.74) is 9.66. The Hall–Kier alpha value is -7.17. The van der Waals surface area contributed by atoms with Gasteiger partial charge in [-0.15, -0.1) is 11.3 Å². The van der Waals surface area contributed by atoms with E-state index < -0.39 is 12.6 Å². The summed E-state index contributed by atoms with van der Waals surface area (Å²) in [5.74, 6) is 1.55. The minimum absolute atomic E-state index is 0.768. The van der Waals surface area contributed by atoms with Crippen LogP contribution in [0, 0.1) is 0 Å². The molecule has 3 aliphatic heterocycles. The molecule has 6 heteroatoms. The van der Waals surface area contributed by atoms with Crippen LogP contribution >= 0.6 is 18.5 Å². The molecule has 2 atom stereocenters. The van der Waals surface area contributed by atoms with Crippen molar-refractivity contribution < 1.29 is 9.30 Å². The fourth-order valence-corrected chi connectivity index (χ4v) is 14.8. The molecule has 0 amide bonds. The van der Waals surface area contributed by atoms with Gasteiger partial charge in [-0.3, -0.25) is 0 Å². The Labute approximate surface area is 357 Å². The van der Waals surface area contributed by atoms with Crippen LogP contribution in [0.25, 0.3) is 20.2 Å². The third-order valence-electron chi connectivity index (χ3n) is 12.9. The monoisotopic (exact) mass is 818 g/mol. The van der Waals surface area contributed by atoms with E-state index >= 15 is 4.57 Å². The Morgan fingerprint density at radius 1 is 0.410 bits per heavy atom. The van der Waals surface area contributed by atoms with Gasteiger partial charge in [-0.1, -0.05) is 140 Å². The van der Waals surface area contributed by atoms with Gasteiger partial charge in [0.15, 0.2) is 7.14 Å². The van der Waals surface area contributed by atoms with Gasteiger partial charge in [0.05, 0.1) is 33.9 Å². The summed E-state index contributed by atoms with van der Waals surface area (Å²) in [7, 11) is -3.39. The molecule has 0 saturated heterocycles. The SMILES string of the molecule is O=P1(c2ccccc2)c2ccccc2C2(c3ccccc3Oc3cc(N4c5ccccc5N(c5ccccc5)c5ccccc54)ccc32)c2cc3c(cc21)sc1ccccc13. The minimum Gasteiger partial charge on any atom is -0.457 e. The summed E-state index contributed by atoms with van der Waals surface area (Å²) in [6, 6.07) is 74.8. The average molecular weight is 819 g/mol. The number of anilines is 6. The second kappa shape index (κ2) is 12.9. The van der Waals surface area contributed by atoms with Crippen molar-refractivity contribution in [3.63, 3.8) is 0 Å². The Bertz CT molecular complexity index is 3430. The number of rotatable bonds is 3. The molecule has 0 saturated carbocycles. The molecule has 3 aliphatic rings. The van der Waals surface area contributed by atoms with Crippen molar-refractivity contribution in [1.82, 2.24) is 0 Å². The highest BCUT2D eigenvalue weighted by atomic mass is 32.1. The van der Waals surface area contributed by atoms with Gasteiger partial charge in [0.1, 0.15) is 11.5 Å². The van der Waals surface area contributed by atoms with Crippen LogP contribution in [0.1, 0.15) is 22.3 Å². The standard InChI is InChI=1S/C55H35N2O2PS/c58-60(38-19-5-2-6-20-38)51-29-15-9-23-43(51)55(44-34-40-39-21-7-16-30-53(39)61-54(40)35-52(44)60)41-22-8-14-28-49(41)59-50-33-37(31-32-42(50)55)57-47-26-12-10-24-45(47)56(36-17-3-1-4-18-36)46-25-11-13-27-48(46)57/h1-35H. The predicted molar refractivity (Wildman–Crippen MR) is 254 cm³/mol. The summed E-state index contributed by atoms with van der Waals surface area (Å²) in [4.78, 5) is 4.70. The van der Waals surface area contributed by atoms with Crippen LogP contribution in [-0.4, -0.2) is 0 Å². The van der Waals surface area contributed by atoms with E-state index in [0.29, 0.717) is 0 Å². The number of hydrogen-bond acceptors (Lipinski definition) is 5. The Morgan fingerprint density at radius 3 is 1.72 bits per heavy atom. The molecule has 0 aliphatic carbocycles. The van der Waals surface area contributed by atoms with Crippen LogP contribution in [0.2, 0.25) is 0 Å². The third-order valence-corrected chi connectivity index (χ3v) is 17.2. The van der Waals surface area contributed by atoms with Crippen molar-refractivity contribution in [3.05, 3.63) is 235 Å². The predicted octanol–water partition coefficient (Wildman–Crippen LogP) is 13.7. The number of benzene rings is 9. The number of nitrogens with zero attached hydrogens (tertiary/aromatic N) is 2. The van der Waals surface area contributed by atoms with Gasteiger partial charge >= 0.3 is 0 Å². The van der Waals surface area contributed by atoms with Crippen molar-refractivity contribution in [2.45, 2.75) is 5.41 Å². The smallest absolute Gasteiger partial charge is 0.171 e. The highest BCUT2D eigenvalue weighted by Gasteiger charge is 2.55. The van der Waals surface area contributed by atoms with E-state index in [1.54, 1.807) is 11.3 Å². The zero-order chi connectivity index (χ0) is 40.3. The third kappa shape index (κ3) is 4.68. The van der Waals surface area contributed by atoms with Crippen LogP contribution in [0.15, 0.2) is 212 Å². The minimum atomic E-state index is -3.39. The molecule has 0 N–H and O–H groups in total. The van der Waals surface area contributed by atoms with Gasteiger partial charge in [-0.25, -0.2) is 0 Å². The topological polar surface area (TPSA) is 32.8 Å². The first-order valence-corrected chi connectivity index (χ1v) is 23.1. The lowest BCUT2D eigenvalue weighted by molar-refractivity contribution is 0.435. The molecule has 2 unspecified atom stereocenters. The van der Waals surface area contributed by atoms with Crippen LogP contribution in [-0.2, 0) is 9.98 Å². The molecule has 13 rings (SSSR count). The maximum Gasteiger partial charge on any atom is 0.171 e. The number of para-hydroxylation sites is 6. The van der Waals surface area contributed by atoms with Gasteiger partial charge in [0.25, 0.3) is 0 Å². The Morgan fingerprint density at radius 2 is 0.984 bits per heavy atom. The van der Waals surface area contributed by atoms with Crippen LogP contribution in [0.5, 0.6) is 11.5 Å². The normalized spacial score (nSPS) is 18.1. The van der Waals surface area contributed by atoms with Crippen LogP contribution in [0.3, 0.4) is 0 Å². The average Bonchev–Trinajstić information content (AvgIpc) is 3.69. The van der Waals surface area contributed by atoms with Gasteiger partial charge in [0, 0.05) is 59.0 Å². The number of hydrogen-bond donors (Lipinski definition) is 0. The summed E-state index contributed by atoms with van der Waals surface area (Å²) < 4.78 is 26.0. The summed E-state index contributed by atoms with van der Waals surface area (Å²) in [6.45, 7) is 0. The first kappa shape index (κ1) is 34.7. The molecule has 61 heavy (non-hydrogen) atoms. The molecular formula is C55H35N2O2PS. The maximum atomic E-state index is 16.6. The lowest BCUT2D eigenvalue weighted by atomic mass is 9.63. The zero-order valence-electron chi connectivity index (χ0n) is 32.8. The zero-order valence-corrected chi connectivity index (χ0v) is 34.5. The molecule has 4 heterocycles. The van der Waals surface area contributed by atoms with E-state index in [4.69, 9.17) is 4.74 Å². The molecule has 4 nitrogen and oxygen atoms in total. The van der Waals surface area contributed by atoms with Crippen LogP contribution < -0.4 is 30.5 Å². The van der Waals surface area contributed by atoms with E-state index in [1.807, 2.05) is 36.4 Å². The van der Waals surface area contributed by atoms with Gasteiger partial charge < -0.3 is 19.1 Å². The summed E-state index contributed by atoms with van der Waals surface area (Å²) in [5, 5.41) is 4.95. The second-order valence-corrected chi connectivity index (χ2v) is 19.7. The first-order chi connectivity index (χ1) is 30.1. The summed E-state index contributed by atoms with van der Waals surface area (Å²) in [6.07, 6.45) is 0. The Balaban J connectivity index is 1.11. The van der Waals surface area contributed by atoms with Gasteiger partial charge in [-0.2, -0.15) is 0 Å². The maximum absolute atomic E-state index is 16.6. The van der Waals surface area contributed by atoms with Gasteiger partial charge in [-0.05, 0) is 77.9 Å². The quantitative estimate of drug-likeness (QED) is 0.166. The highest BCUT2D eigenvalue weighted by Crippen LogP contribution is 2.63. The number of thiophene rings is 1. The van der Waals surface area contributed by atoms with E-state index in [9.17, 15) is 0 Å². The van der Waals surface area contributed by atoms with E-state index in [1.165, 1.54) is 15.5 Å². The molecule has 1 aromatic heterocycles. The molecule has 0 fully saturated rings. The highest BCUT2D eigenvalue weighted by molar-refractivity contribution is 7.85. The molecule has 0 bridgehead atoms. The van der Waals surface area contributed by atoms with Crippen LogP contribution in [0.4, 0.5) is 34.1 Å². The molecule has 10 aromatic rings. The fraction of sp³-hybridized carbons (Fsp3) is 0.0182. The van der Waals surface area contributed by atoms with Crippen molar-refractivity contribution in [2.24, 2.45) is 0 Å². The van der Waals surface area contributed by atoms with E-state index in [-0.39, 0.29) is 0 Å². The van der Waals surface area contributed by atoms with Crippen molar-refractivity contribution in [2.75, 3.05) is 9.80 Å². The Kier molecular flexibility index (Phi) is 7.34. The van der Waals surface area contributed by atoms with Crippen molar-refractivity contribution in [1.29, 1.82) is 0 Å². The lowest BCUT2D eigenvalue weighted by Crippen LogP contribution is -2.48. The fourth-order valence-electron chi connectivity index (χ4n) is 10.4. The first-order valence-electron chi connectivity index (χ1n) is 20.6. The van der Waals surface area contributed by atoms with Crippen molar-refractivity contribution >= 4 is 88.7 Å². The molecule has 0 radical (unpaired) electrons. The molecule has 1 spiro atoms. The van der Waals surface area contributed by atoms with E-state index in [2.05, 4.69) is 186 Å². The lowest BCUT2D eigenvalue weighted by Gasteiger charge is -2.47. The van der Waals surface area contributed by atoms with E-state index in [0.717, 1.165) is 88.5 Å².